The Morgan fingerprint density at radius 3 is 1.94 bits per heavy atom. The third-order valence-corrected chi connectivity index (χ3v) is 3.78. The topological polar surface area (TPSA) is 23.9 Å². The van der Waals surface area contributed by atoms with Crippen molar-refractivity contribution < 1.29 is 0 Å². The van der Waals surface area contributed by atoms with E-state index in [1.165, 1.54) is 24.8 Å². The Bertz CT molecular complexity index is 327. The summed E-state index contributed by atoms with van der Waals surface area (Å²) in [6, 6.07) is 8.06. The maximum absolute atomic E-state index is 7.15. The summed E-state index contributed by atoms with van der Waals surface area (Å²) in [7, 11) is 0. The Morgan fingerprint density at radius 2 is 1.56 bits per heavy atom. The van der Waals surface area contributed by atoms with Gasteiger partial charge < -0.3 is 5.41 Å². The lowest BCUT2D eigenvalue weighted by Gasteiger charge is -2.28. The summed E-state index contributed by atoms with van der Waals surface area (Å²) in [5.74, 6) is 2.27. The van der Waals surface area contributed by atoms with Crippen LogP contribution in [-0.2, 0) is 0 Å². The van der Waals surface area contributed by atoms with Crippen LogP contribution in [0.5, 0.6) is 0 Å². The average Bonchev–Trinajstić information content (AvgIpc) is 2.32. The van der Waals surface area contributed by atoms with Crippen molar-refractivity contribution in [3.63, 3.8) is 0 Å². The second-order valence-corrected chi connectivity index (χ2v) is 6.20. The maximum Gasteiger partial charge on any atom is 0.00401 e. The zero-order chi connectivity index (χ0) is 13.5. The molecule has 0 amide bonds. The van der Waals surface area contributed by atoms with E-state index in [1.54, 1.807) is 6.21 Å². The molecule has 0 aromatic heterocycles. The highest BCUT2D eigenvalue weighted by Gasteiger charge is 2.21. The summed E-state index contributed by atoms with van der Waals surface area (Å²) >= 11 is 4.13. The monoisotopic (exact) mass is 263 g/mol. The van der Waals surface area contributed by atoms with Gasteiger partial charge in [-0.2, -0.15) is 0 Å². The fraction of sp³-hybridized carbons (Fsp3) is 0.562. The zero-order valence-electron chi connectivity index (χ0n) is 11.7. The molecule has 18 heavy (non-hydrogen) atoms. The first-order valence-electron chi connectivity index (χ1n) is 6.77. The number of hydrogen-bond donors (Lipinski definition) is 2. The lowest BCUT2D eigenvalue weighted by atomic mass is 9.77. The largest absolute Gasteiger partial charge is 0.313 e. The molecule has 0 bridgehead atoms. The summed E-state index contributed by atoms with van der Waals surface area (Å²) in [4.78, 5) is 1.02. The highest BCUT2D eigenvalue weighted by molar-refractivity contribution is 7.80. The van der Waals surface area contributed by atoms with Gasteiger partial charge >= 0.3 is 0 Å². The Kier molecular flexibility index (Phi) is 6.48. The molecule has 1 saturated carbocycles. The van der Waals surface area contributed by atoms with Crippen LogP contribution >= 0.6 is 12.6 Å². The Labute approximate surface area is 117 Å². The lowest BCUT2D eigenvalue weighted by molar-refractivity contribution is 0.266. The molecule has 1 fully saturated rings. The van der Waals surface area contributed by atoms with Crippen LogP contribution in [0.1, 0.15) is 38.7 Å². The smallest absolute Gasteiger partial charge is 0.00401 e. The van der Waals surface area contributed by atoms with E-state index in [4.69, 9.17) is 5.41 Å². The first kappa shape index (κ1) is 15.3. The van der Waals surface area contributed by atoms with Crippen LogP contribution in [0.25, 0.3) is 0 Å². The van der Waals surface area contributed by atoms with Gasteiger partial charge in [-0.3, -0.25) is 0 Å². The molecule has 0 saturated heterocycles. The van der Waals surface area contributed by atoms with Crippen molar-refractivity contribution >= 4 is 18.8 Å². The number of aryl methyl sites for hydroxylation is 1. The van der Waals surface area contributed by atoms with E-state index < -0.39 is 0 Å². The molecule has 1 nitrogen and oxygen atoms in total. The first-order chi connectivity index (χ1) is 8.51. The maximum atomic E-state index is 7.15. The van der Waals surface area contributed by atoms with Crippen LogP contribution in [-0.4, -0.2) is 6.21 Å². The summed E-state index contributed by atoms with van der Waals surface area (Å²) in [6.07, 6.45) is 5.48. The van der Waals surface area contributed by atoms with E-state index in [9.17, 15) is 0 Å². The van der Waals surface area contributed by atoms with Gasteiger partial charge in [0.25, 0.3) is 0 Å². The first-order valence-corrected chi connectivity index (χ1v) is 7.22. The Hall–Kier alpha value is -0.760. The Morgan fingerprint density at radius 1 is 1.06 bits per heavy atom. The molecule has 0 heterocycles. The third-order valence-electron chi connectivity index (χ3n) is 3.48. The van der Waals surface area contributed by atoms with Crippen LogP contribution < -0.4 is 0 Å². The van der Waals surface area contributed by atoms with Gasteiger partial charge in [0.15, 0.2) is 0 Å². The van der Waals surface area contributed by atoms with Gasteiger partial charge in [0.2, 0.25) is 0 Å². The van der Waals surface area contributed by atoms with Crippen molar-refractivity contribution in [2.24, 2.45) is 17.8 Å². The molecule has 0 radical (unpaired) electrons. The number of benzene rings is 1. The van der Waals surface area contributed by atoms with E-state index in [1.807, 2.05) is 24.3 Å². The molecule has 1 aliphatic rings. The molecular weight excluding hydrogens is 238 g/mol. The number of hydrogen-bond acceptors (Lipinski definition) is 2. The van der Waals surface area contributed by atoms with Gasteiger partial charge in [-0.1, -0.05) is 31.5 Å². The zero-order valence-corrected chi connectivity index (χ0v) is 12.6. The molecule has 0 spiro atoms. The molecule has 2 unspecified atom stereocenters. The molecule has 1 aliphatic carbocycles. The van der Waals surface area contributed by atoms with Crippen LogP contribution in [0.3, 0.4) is 0 Å². The second-order valence-electron chi connectivity index (χ2n) is 5.68. The molecule has 100 valence electrons. The van der Waals surface area contributed by atoms with E-state index in [-0.39, 0.29) is 0 Å². The lowest BCUT2D eigenvalue weighted by Crippen LogP contribution is -2.19. The normalized spacial score (nSPS) is 27.0. The molecule has 1 N–H and O–H groups in total. The summed E-state index contributed by atoms with van der Waals surface area (Å²) in [6.45, 7) is 6.66. The van der Waals surface area contributed by atoms with E-state index in [0.29, 0.717) is 5.92 Å². The van der Waals surface area contributed by atoms with Gasteiger partial charge in [0.05, 0.1) is 0 Å². The minimum atomic E-state index is 0.582. The van der Waals surface area contributed by atoms with Crippen molar-refractivity contribution in [2.45, 2.75) is 44.9 Å². The highest BCUT2D eigenvalue weighted by atomic mass is 32.1. The Balaban J connectivity index is 0.000000184. The molecule has 2 rings (SSSR count). The summed E-state index contributed by atoms with van der Waals surface area (Å²) in [5, 5.41) is 7.15. The average molecular weight is 263 g/mol. The fourth-order valence-corrected chi connectivity index (χ4v) is 2.84. The summed E-state index contributed by atoms with van der Waals surface area (Å²) in [5.41, 5.74) is 1.28. The molecule has 1 aromatic rings. The van der Waals surface area contributed by atoms with Crippen LogP contribution in [0.4, 0.5) is 0 Å². The van der Waals surface area contributed by atoms with Crippen molar-refractivity contribution in [1.29, 1.82) is 5.41 Å². The minimum absolute atomic E-state index is 0.582. The predicted octanol–water partition coefficient (Wildman–Crippen LogP) is 4.99. The molecular formula is C16H25NS. The SMILES string of the molecule is CC1CC(C)CC(C=N)C1.Cc1ccc(S)cc1. The summed E-state index contributed by atoms with van der Waals surface area (Å²) < 4.78 is 0. The van der Waals surface area contributed by atoms with Gasteiger partial charge in [-0.25, -0.2) is 0 Å². The van der Waals surface area contributed by atoms with Gasteiger partial charge in [-0.05, 0) is 62.3 Å². The molecule has 2 atom stereocenters. The number of nitrogens with one attached hydrogen (secondary N) is 1. The molecule has 2 heteroatoms. The van der Waals surface area contributed by atoms with Gasteiger partial charge in [-0.15, -0.1) is 12.6 Å². The predicted molar refractivity (Wildman–Crippen MR) is 82.9 cm³/mol. The quantitative estimate of drug-likeness (QED) is 0.527. The van der Waals surface area contributed by atoms with E-state index in [2.05, 4.69) is 33.4 Å². The standard InChI is InChI=1S/C9H17N.C7H8S/c1-7-3-8(2)5-9(4-7)6-10;1-6-2-4-7(8)5-3-6/h6-10H,3-5H2,1-2H3;2-5,8H,1H3. The van der Waals surface area contributed by atoms with Crippen LogP contribution in [0.15, 0.2) is 29.2 Å². The van der Waals surface area contributed by atoms with Gasteiger partial charge in [0, 0.05) is 4.90 Å². The fourth-order valence-electron chi connectivity index (χ4n) is 2.69. The highest BCUT2D eigenvalue weighted by Crippen LogP contribution is 2.31. The van der Waals surface area contributed by atoms with Gasteiger partial charge in [0.1, 0.15) is 0 Å². The number of thiol groups is 1. The van der Waals surface area contributed by atoms with Crippen molar-refractivity contribution in [1.82, 2.24) is 0 Å². The van der Waals surface area contributed by atoms with Crippen molar-refractivity contribution in [3.05, 3.63) is 29.8 Å². The molecule has 0 aliphatic heterocycles. The van der Waals surface area contributed by atoms with E-state index >= 15 is 0 Å². The van der Waals surface area contributed by atoms with Crippen molar-refractivity contribution in [3.8, 4) is 0 Å². The second kappa shape index (κ2) is 7.63. The van der Waals surface area contributed by atoms with E-state index in [0.717, 1.165) is 16.7 Å². The van der Waals surface area contributed by atoms with Crippen molar-refractivity contribution in [2.75, 3.05) is 0 Å². The number of rotatable bonds is 1. The van der Waals surface area contributed by atoms with Crippen LogP contribution in [0, 0.1) is 30.1 Å². The minimum Gasteiger partial charge on any atom is -0.313 e. The third kappa shape index (κ3) is 5.72. The van der Waals surface area contributed by atoms with Crippen LogP contribution in [0.2, 0.25) is 0 Å². The molecule has 1 aromatic carbocycles.